The molecule has 2 aromatic rings. The third-order valence-electron chi connectivity index (χ3n) is 2.79. The minimum atomic E-state index is -0.396. The molecule has 0 aliphatic carbocycles. The van der Waals surface area contributed by atoms with Crippen molar-refractivity contribution in [2.24, 2.45) is 5.73 Å². The number of hydrogen-bond acceptors (Lipinski definition) is 2. The zero-order valence-electron chi connectivity index (χ0n) is 10.1. The highest BCUT2D eigenvalue weighted by atomic mass is 35.5. The van der Waals surface area contributed by atoms with E-state index in [1.807, 2.05) is 0 Å². The molecule has 3 nitrogen and oxygen atoms in total. The van der Waals surface area contributed by atoms with Crippen LogP contribution in [0.4, 0.5) is 4.39 Å². The van der Waals surface area contributed by atoms with Crippen molar-refractivity contribution in [3.05, 3.63) is 52.6 Å². The van der Waals surface area contributed by atoms with Gasteiger partial charge in [-0.2, -0.15) is 5.10 Å². The maximum atomic E-state index is 12.9. The summed E-state index contributed by atoms with van der Waals surface area (Å²) in [4.78, 5) is 0. The summed E-state index contributed by atoms with van der Waals surface area (Å²) in [6.07, 6.45) is 2.54. The van der Waals surface area contributed by atoms with Gasteiger partial charge in [0.1, 0.15) is 5.82 Å². The molecular formula is C13H15ClFN3. The number of hydrogen-bond donors (Lipinski definition) is 1. The SMILES string of the molecule is CCCn1ncc(Cl)c1C(N)c1ccc(F)cc1. The molecule has 96 valence electrons. The number of benzene rings is 1. The van der Waals surface area contributed by atoms with Gasteiger partial charge in [0.05, 0.1) is 23.0 Å². The van der Waals surface area contributed by atoms with Crippen LogP contribution < -0.4 is 5.73 Å². The predicted octanol–water partition coefficient (Wildman–Crippen LogP) is 3.13. The van der Waals surface area contributed by atoms with Gasteiger partial charge in [-0.3, -0.25) is 4.68 Å². The monoisotopic (exact) mass is 267 g/mol. The molecule has 1 aromatic heterocycles. The Balaban J connectivity index is 2.35. The molecule has 0 bridgehead atoms. The Morgan fingerprint density at radius 1 is 1.39 bits per heavy atom. The van der Waals surface area contributed by atoms with Gasteiger partial charge in [-0.1, -0.05) is 30.7 Å². The summed E-state index contributed by atoms with van der Waals surface area (Å²) in [5.74, 6) is -0.279. The second-order valence-corrected chi connectivity index (χ2v) is 4.54. The van der Waals surface area contributed by atoms with E-state index >= 15 is 0 Å². The lowest BCUT2D eigenvalue weighted by molar-refractivity contribution is 0.559. The average molecular weight is 268 g/mol. The van der Waals surface area contributed by atoms with Crippen LogP contribution in [-0.4, -0.2) is 9.78 Å². The number of nitrogens with zero attached hydrogens (tertiary/aromatic N) is 2. The summed E-state index contributed by atoms with van der Waals surface area (Å²) < 4.78 is 14.7. The van der Waals surface area contributed by atoms with E-state index in [9.17, 15) is 4.39 Å². The van der Waals surface area contributed by atoms with Crippen molar-refractivity contribution in [2.45, 2.75) is 25.9 Å². The zero-order chi connectivity index (χ0) is 13.1. The largest absolute Gasteiger partial charge is 0.319 e. The number of halogens is 2. The average Bonchev–Trinajstić information content (AvgIpc) is 2.71. The second-order valence-electron chi connectivity index (χ2n) is 4.13. The fraction of sp³-hybridized carbons (Fsp3) is 0.308. The smallest absolute Gasteiger partial charge is 0.123 e. The maximum absolute atomic E-state index is 12.9. The number of aromatic nitrogens is 2. The van der Waals surface area contributed by atoms with Crippen LogP contribution in [0.15, 0.2) is 30.5 Å². The molecule has 1 heterocycles. The van der Waals surface area contributed by atoms with Crippen LogP contribution in [-0.2, 0) is 6.54 Å². The van der Waals surface area contributed by atoms with Crippen LogP contribution in [0.3, 0.4) is 0 Å². The molecular weight excluding hydrogens is 253 g/mol. The Morgan fingerprint density at radius 2 is 2.06 bits per heavy atom. The van der Waals surface area contributed by atoms with Gasteiger partial charge in [0, 0.05) is 6.54 Å². The molecule has 0 amide bonds. The van der Waals surface area contributed by atoms with Crippen molar-refractivity contribution in [2.75, 3.05) is 0 Å². The van der Waals surface area contributed by atoms with Gasteiger partial charge in [0.15, 0.2) is 0 Å². The number of rotatable bonds is 4. The molecule has 0 aliphatic heterocycles. The normalized spacial score (nSPS) is 12.7. The van der Waals surface area contributed by atoms with Crippen molar-refractivity contribution < 1.29 is 4.39 Å². The first kappa shape index (κ1) is 13.1. The van der Waals surface area contributed by atoms with Crippen LogP contribution in [0.5, 0.6) is 0 Å². The van der Waals surface area contributed by atoms with Gasteiger partial charge >= 0.3 is 0 Å². The van der Waals surface area contributed by atoms with E-state index in [0.717, 1.165) is 24.2 Å². The molecule has 2 N–H and O–H groups in total. The lowest BCUT2D eigenvalue weighted by Crippen LogP contribution is -2.18. The minimum absolute atomic E-state index is 0.279. The molecule has 0 radical (unpaired) electrons. The maximum Gasteiger partial charge on any atom is 0.123 e. The summed E-state index contributed by atoms with van der Waals surface area (Å²) in [7, 11) is 0. The lowest BCUT2D eigenvalue weighted by Gasteiger charge is -2.15. The molecule has 5 heteroatoms. The number of nitrogens with two attached hydrogens (primary N) is 1. The fourth-order valence-corrected chi connectivity index (χ4v) is 2.16. The standard InChI is InChI=1S/C13H15ClFN3/c1-2-7-18-13(11(14)8-17-18)12(16)9-3-5-10(15)6-4-9/h3-6,8,12H,2,7,16H2,1H3. The topological polar surface area (TPSA) is 43.8 Å². The lowest BCUT2D eigenvalue weighted by atomic mass is 10.0. The third kappa shape index (κ3) is 2.54. The number of aryl methyl sites for hydroxylation is 1. The summed E-state index contributed by atoms with van der Waals surface area (Å²) in [6.45, 7) is 2.82. The van der Waals surface area contributed by atoms with E-state index in [2.05, 4.69) is 12.0 Å². The van der Waals surface area contributed by atoms with Crippen LogP contribution in [0.1, 0.15) is 30.6 Å². The molecule has 2 rings (SSSR count). The van der Waals surface area contributed by atoms with E-state index in [4.69, 9.17) is 17.3 Å². The quantitative estimate of drug-likeness (QED) is 0.925. The molecule has 0 saturated heterocycles. The molecule has 0 aliphatic rings. The summed E-state index contributed by atoms with van der Waals surface area (Å²) in [5, 5.41) is 4.74. The zero-order valence-corrected chi connectivity index (χ0v) is 10.9. The minimum Gasteiger partial charge on any atom is -0.319 e. The van der Waals surface area contributed by atoms with E-state index < -0.39 is 6.04 Å². The highest BCUT2D eigenvalue weighted by Gasteiger charge is 2.18. The highest BCUT2D eigenvalue weighted by Crippen LogP contribution is 2.26. The van der Waals surface area contributed by atoms with E-state index in [0.29, 0.717) is 5.02 Å². The first-order chi connectivity index (χ1) is 8.63. The highest BCUT2D eigenvalue weighted by molar-refractivity contribution is 6.31. The Morgan fingerprint density at radius 3 is 2.67 bits per heavy atom. The Kier molecular flexibility index (Phi) is 3.99. The Bertz CT molecular complexity index is 522. The van der Waals surface area contributed by atoms with E-state index in [1.54, 1.807) is 23.0 Å². The van der Waals surface area contributed by atoms with Crippen LogP contribution in [0, 0.1) is 5.82 Å². The second kappa shape index (κ2) is 5.50. The van der Waals surface area contributed by atoms with Crippen LogP contribution in [0.2, 0.25) is 5.02 Å². The first-order valence-corrected chi connectivity index (χ1v) is 6.23. The van der Waals surface area contributed by atoms with Crippen molar-refractivity contribution in [3.8, 4) is 0 Å². The van der Waals surface area contributed by atoms with Crippen molar-refractivity contribution in [1.29, 1.82) is 0 Å². The molecule has 0 saturated carbocycles. The summed E-state index contributed by atoms with van der Waals surface area (Å²) >= 11 is 6.12. The molecule has 1 aromatic carbocycles. The third-order valence-corrected chi connectivity index (χ3v) is 3.08. The Hall–Kier alpha value is -1.39. The molecule has 1 unspecified atom stereocenters. The van der Waals surface area contributed by atoms with Gasteiger partial charge in [0.2, 0.25) is 0 Å². The van der Waals surface area contributed by atoms with Crippen LogP contribution in [0.25, 0.3) is 0 Å². The molecule has 1 atom stereocenters. The van der Waals surface area contributed by atoms with Gasteiger partial charge in [0.25, 0.3) is 0 Å². The van der Waals surface area contributed by atoms with E-state index in [-0.39, 0.29) is 5.82 Å². The molecule has 0 fully saturated rings. The summed E-state index contributed by atoms with van der Waals surface area (Å²) in [6, 6.07) is 5.72. The Labute approximate surface area is 110 Å². The van der Waals surface area contributed by atoms with Gasteiger partial charge in [-0.25, -0.2) is 4.39 Å². The predicted molar refractivity (Wildman–Crippen MR) is 70.0 cm³/mol. The van der Waals surface area contributed by atoms with Crippen molar-refractivity contribution in [3.63, 3.8) is 0 Å². The fourth-order valence-electron chi connectivity index (χ4n) is 1.90. The van der Waals surface area contributed by atoms with Gasteiger partial charge in [-0.15, -0.1) is 0 Å². The molecule has 18 heavy (non-hydrogen) atoms. The summed E-state index contributed by atoms with van der Waals surface area (Å²) in [5.41, 5.74) is 7.76. The first-order valence-electron chi connectivity index (χ1n) is 5.85. The van der Waals surface area contributed by atoms with E-state index in [1.165, 1.54) is 12.1 Å². The van der Waals surface area contributed by atoms with Gasteiger partial charge in [-0.05, 0) is 24.1 Å². The van der Waals surface area contributed by atoms with Crippen molar-refractivity contribution >= 4 is 11.6 Å². The van der Waals surface area contributed by atoms with Crippen LogP contribution >= 0.6 is 11.6 Å². The van der Waals surface area contributed by atoms with Gasteiger partial charge < -0.3 is 5.73 Å². The van der Waals surface area contributed by atoms with Crippen molar-refractivity contribution in [1.82, 2.24) is 9.78 Å². The molecule has 0 spiro atoms.